The van der Waals surface area contributed by atoms with E-state index in [-0.39, 0.29) is 5.56 Å². The fraction of sp³-hybridized carbons (Fsp3) is 0.333. The first-order chi connectivity index (χ1) is 7.31. The maximum absolute atomic E-state index is 12.3. The van der Waals surface area contributed by atoms with Crippen LogP contribution in [-0.4, -0.2) is 12.8 Å². The molecule has 0 saturated carbocycles. The largest absolute Gasteiger partial charge is 0.573 e. The second-order valence-electron chi connectivity index (χ2n) is 2.95. The predicted molar refractivity (Wildman–Crippen MR) is 46.1 cm³/mol. The minimum Gasteiger partial charge on any atom is -0.405 e. The van der Waals surface area contributed by atoms with Crippen molar-refractivity contribution in [2.75, 3.05) is 0 Å². The van der Waals surface area contributed by atoms with E-state index in [2.05, 4.69) is 4.74 Å². The highest BCUT2D eigenvalue weighted by atomic mass is 19.4. The van der Waals surface area contributed by atoms with E-state index >= 15 is 0 Å². The molecule has 1 aromatic carbocycles. The number of nitrogens with two attached hydrogens (primary N) is 1. The van der Waals surface area contributed by atoms with Crippen molar-refractivity contribution in [3.63, 3.8) is 0 Å². The van der Waals surface area contributed by atoms with Crippen molar-refractivity contribution >= 4 is 0 Å². The third kappa shape index (κ3) is 3.34. The van der Waals surface area contributed by atoms with E-state index in [1.54, 1.807) is 0 Å². The smallest absolute Gasteiger partial charge is 0.405 e. The Kier molecular flexibility index (Phi) is 3.69. The molecule has 1 rings (SSSR count). The van der Waals surface area contributed by atoms with Gasteiger partial charge in [-0.2, -0.15) is 0 Å². The van der Waals surface area contributed by atoms with Gasteiger partial charge in [0.15, 0.2) is 0 Å². The van der Waals surface area contributed by atoms with Crippen LogP contribution in [0.2, 0.25) is 0 Å². The van der Waals surface area contributed by atoms with E-state index < -0.39 is 24.6 Å². The lowest BCUT2D eigenvalue weighted by Gasteiger charge is -2.17. The van der Waals surface area contributed by atoms with Gasteiger partial charge in [-0.3, -0.25) is 0 Å². The molecule has 0 fully saturated rings. The topological polar surface area (TPSA) is 35.2 Å². The highest BCUT2D eigenvalue weighted by Crippen LogP contribution is 2.31. The monoisotopic (exact) mass is 241 g/mol. The summed E-state index contributed by atoms with van der Waals surface area (Å²) in [6, 6.07) is 2.74. The van der Waals surface area contributed by atoms with E-state index in [0.29, 0.717) is 0 Å². The zero-order valence-electron chi connectivity index (χ0n) is 7.84. The highest BCUT2D eigenvalue weighted by Gasteiger charge is 2.33. The van der Waals surface area contributed by atoms with Crippen LogP contribution in [0.15, 0.2) is 24.3 Å². The number of alkyl halides is 5. The Morgan fingerprint density at radius 1 is 1.12 bits per heavy atom. The van der Waals surface area contributed by atoms with Crippen molar-refractivity contribution in [1.29, 1.82) is 0 Å². The van der Waals surface area contributed by atoms with Crippen LogP contribution in [-0.2, 0) is 0 Å². The second kappa shape index (κ2) is 4.65. The molecule has 0 heterocycles. The quantitative estimate of drug-likeness (QED) is 0.826. The summed E-state index contributed by atoms with van der Waals surface area (Å²) in [6.45, 7) is 0. The molecule has 0 amide bonds. The van der Waals surface area contributed by atoms with Crippen molar-refractivity contribution in [1.82, 2.24) is 0 Å². The number of rotatable bonds is 3. The second-order valence-corrected chi connectivity index (χ2v) is 2.95. The van der Waals surface area contributed by atoms with Crippen LogP contribution >= 0.6 is 0 Å². The van der Waals surface area contributed by atoms with Gasteiger partial charge in [0.2, 0.25) is 0 Å². The third-order valence-electron chi connectivity index (χ3n) is 1.78. The van der Waals surface area contributed by atoms with Crippen LogP contribution in [0.4, 0.5) is 22.0 Å². The Bertz CT molecular complexity index is 352. The highest BCUT2D eigenvalue weighted by molar-refractivity contribution is 5.36. The molecular formula is C9H8F5NO. The van der Waals surface area contributed by atoms with Gasteiger partial charge in [0.1, 0.15) is 5.75 Å². The molecule has 0 unspecified atom stereocenters. The fourth-order valence-electron chi connectivity index (χ4n) is 1.11. The maximum Gasteiger partial charge on any atom is 0.573 e. The molecule has 0 bridgehead atoms. The summed E-state index contributed by atoms with van der Waals surface area (Å²) in [5.74, 6) is -0.706. The maximum atomic E-state index is 12.3. The minimum absolute atomic E-state index is 0.380. The predicted octanol–water partition coefficient (Wildman–Crippen LogP) is 2.85. The summed E-state index contributed by atoms with van der Waals surface area (Å²) < 4.78 is 63.9. The van der Waals surface area contributed by atoms with Crippen LogP contribution in [0.1, 0.15) is 11.6 Å². The zero-order valence-corrected chi connectivity index (χ0v) is 7.84. The Morgan fingerprint density at radius 2 is 1.69 bits per heavy atom. The first-order valence-corrected chi connectivity index (χ1v) is 4.19. The Hall–Kier alpha value is -1.37. The molecule has 1 atom stereocenters. The van der Waals surface area contributed by atoms with Crippen LogP contribution in [0.5, 0.6) is 5.75 Å². The van der Waals surface area contributed by atoms with Crippen LogP contribution in [0, 0.1) is 0 Å². The lowest BCUT2D eigenvalue weighted by atomic mass is 10.1. The van der Waals surface area contributed by atoms with Gasteiger partial charge in [0.05, 0.1) is 6.04 Å². The molecule has 2 nitrogen and oxygen atoms in total. The molecule has 2 N–H and O–H groups in total. The molecule has 1 aromatic rings. The van der Waals surface area contributed by atoms with Gasteiger partial charge in [-0.1, -0.05) is 18.2 Å². The van der Waals surface area contributed by atoms with Gasteiger partial charge in [-0.05, 0) is 6.07 Å². The Labute approximate surface area is 87.8 Å². The summed E-state index contributed by atoms with van der Waals surface area (Å²) in [7, 11) is 0. The number of hydrogen-bond acceptors (Lipinski definition) is 2. The van der Waals surface area contributed by atoms with Crippen molar-refractivity contribution in [3.8, 4) is 5.75 Å². The average Bonchev–Trinajstić information content (AvgIpc) is 2.15. The van der Waals surface area contributed by atoms with Crippen LogP contribution < -0.4 is 10.5 Å². The summed E-state index contributed by atoms with van der Waals surface area (Å²) in [4.78, 5) is 0. The molecule has 0 aliphatic carbocycles. The van der Waals surface area contributed by atoms with Gasteiger partial charge in [-0.25, -0.2) is 8.78 Å². The Morgan fingerprint density at radius 3 is 2.19 bits per heavy atom. The van der Waals surface area contributed by atoms with Crippen molar-refractivity contribution in [2.24, 2.45) is 5.73 Å². The molecule has 0 aliphatic rings. The van der Waals surface area contributed by atoms with E-state index in [1.165, 1.54) is 12.1 Å². The summed E-state index contributed by atoms with van der Waals surface area (Å²) in [5.41, 5.74) is 4.68. The molecule has 16 heavy (non-hydrogen) atoms. The van der Waals surface area contributed by atoms with E-state index in [1.807, 2.05) is 0 Å². The average molecular weight is 241 g/mol. The normalized spacial score (nSPS) is 13.9. The van der Waals surface area contributed by atoms with Gasteiger partial charge in [0, 0.05) is 5.56 Å². The molecule has 0 aliphatic heterocycles. The first-order valence-electron chi connectivity index (χ1n) is 4.19. The molecule has 7 heteroatoms. The third-order valence-corrected chi connectivity index (χ3v) is 1.78. The van der Waals surface area contributed by atoms with Gasteiger partial charge in [-0.15, -0.1) is 13.2 Å². The van der Waals surface area contributed by atoms with E-state index in [4.69, 9.17) is 5.73 Å². The number of para-hydroxylation sites is 1. The summed E-state index contributed by atoms with van der Waals surface area (Å²) >= 11 is 0. The summed E-state index contributed by atoms with van der Waals surface area (Å²) in [6.07, 6.45) is -7.89. The van der Waals surface area contributed by atoms with E-state index in [0.717, 1.165) is 12.1 Å². The number of benzene rings is 1. The van der Waals surface area contributed by atoms with E-state index in [9.17, 15) is 22.0 Å². The number of hydrogen-bond donors (Lipinski definition) is 1. The molecule has 0 radical (unpaired) electrons. The van der Waals surface area contributed by atoms with Crippen molar-refractivity contribution in [3.05, 3.63) is 29.8 Å². The van der Waals surface area contributed by atoms with Crippen molar-refractivity contribution < 1.29 is 26.7 Å². The lowest BCUT2D eigenvalue weighted by molar-refractivity contribution is -0.275. The van der Waals surface area contributed by atoms with Gasteiger partial charge >= 0.3 is 6.36 Å². The Balaban J connectivity index is 3.01. The number of ether oxygens (including phenoxy) is 1. The van der Waals surface area contributed by atoms with Crippen molar-refractivity contribution in [2.45, 2.75) is 18.8 Å². The molecule has 90 valence electrons. The molecule has 0 saturated heterocycles. The van der Waals surface area contributed by atoms with Crippen LogP contribution in [0.3, 0.4) is 0 Å². The van der Waals surface area contributed by atoms with Gasteiger partial charge < -0.3 is 10.5 Å². The SMILES string of the molecule is N[C@H](c1ccccc1OC(F)(F)F)C(F)F. The zero-order chi connectivity index (χ0) is 12.3. The fourth-order valence-corrected chi connectivity index (χ4v) is 1.11. The molecule has 0 spiro atoms. The van der Waals surface area contributed by atoms with Crippen LogP contribution in [0.25, 0.3) is 0 Å². The van der Waals surface area contributed by atoms with Gasteiger partial charge in [0.25, 0.3) is 6.43 Å². The number of halogens is 5. The molecule has 0 aromatic heterocycles. The summed E-state index contributed by atoms with van der Waals surface area (Å²) in [5, 5.41) is 0. The standard InChI is InChI=1S/C9H8F5NO/c10-8(11)7(15)5-3-1-2-4-6(5)16-9(12,13)14/h1-4,7-8H,15H2/t7-/m1/s1. The lowest BCUT2D eigenvalue weighted by Crippen LogP contribution is -2.23. The molecular weight excluding hydrogens is 233 g/mol. The minimum atomic E-state index is -4.93. The first kappa shape index (κ1) is 12.7.